The lowest BCUT2D eigenvalue weighted by Gasteiger charge is -2.25. The number of aliphatic hydroxyl groups is 1. The van der Waals surface area contributed by atoms with Crippen molar-refractivity contribution >= 4 is 5.91 Å². The molecule has 1 amide bonds. The minimum absolute atomic E-state index is 0.116. The molecule has 1 aliphatic rings. The summed E-state index contributed by atoms with van der Waals surface area (Å²) in [5.41, 5.74) is 2.51. The first kappa shape index (κ1) is 17.5. The zero-order valence-electron chi connectivity index (χ0n) is 14.2. The van der Waals surface area contributed by atoms with E-state index in [4.69, 9.17) is 0 Å². The molecule has 7 heteroatoms. The fourth-order valence-corrected chi connectivity index (χ4v) is 3.30. The van der Waals surface area contributed by atoms with E-state index in [0.29, 0.717) is 18.4 Å². The molecule has 5 nitrogen and oxygen atoms in total. The summed E-state index contributed by atoms with van der Waals surface area (Å²) in [6.07, 6.45) is 2.23. The highest BCUT2D eigenvalue weighted by molar-refractivity contribution is 5.77. The minimum atomic E-state index is -0.947. The van der Waals surface area contributed by atoms with Gasteiger partial charge in [0, 0.05) is 25.7 Å². The molecule has 0 radical (unpaired) electrons. The van der Waals surface area contributed by atoms with Gasteiger partial charge in [-0.05, 0) is 43.0 Å². The van der Waals surface area contributed by atoms with Crippen LogP contribution in [0.1, 0.15) is 35.7 Å². The highest BCUT2D eigenvalue weighted by atomic mass is 19.2. The summed E-state index contributed by atoms with van der Waals surface area (Å²) in [7, 11) is 1.84. The lowest BCUT2D eigenvalue weighted by atomic mass is 10.0. The van der Waals surface area contributed by atoms with Gasteiger partial charge in [-0.2, -0.15) is 5.10 Å². The van der Waals surface area contributed by atoms with E-state index in [9.17, 15) is 18.7 Å². The molecule has 3 rings (SSSR count). The SMILES string of the molecule is Cc1c(CCC(=O)N2C[C@@H](O)C[C@@H]2c2ccc(F)c(F)c2)cnn1C. The van der Waals surface area contributed by atoms with Crippen LogP contribution < -0.4 is 0 Å². The predicted molar refractivity (Wildman–Crippen MR) is 87.7 cm³/mol. The van der Waals surface area contributed by atoms with Gasteiger partial charge in [0.15, 0.2) is 11.6 Å². The van der Waals surface area contributed by atoms with E-state index in [-0.39, 0.29) is 18.9 Å². The highest BCUT2D eigenvalue weighted by Gasteiger charge is 2.35. The third-order valence-electron chi connectivity index (χ3n) is 4.87. The number of hydrogen-bond donors (Lipinski definition) is 1. The molecular weight excluding hydrogens is 328 g/mol. The topological polar surface area (TPSA) is 58.4 Å². The van der Waals surface area contributed by atoms with Crippen LogP contribution in [-0.2, 0) is 18.3 Å². The molecule has 0 saturated carbocycles. The highest BCUT2D eigenvalue weighted by Crippen LogP contribution is 2.33. The van der Waals surface area contributed by atoms with Crippen LogP contribution in [0, 0.1) is 18.6 Å². The van der Waals surface area contributed by atoms with Gasteiger partial charge in [0.2, 0.25) is 5.91 Å². The van der Waals surface area contributed by atoms with E-state index in [0.717, 1.165) is 23.4 Å². The Morgan fingerprint density at radius 2 is 2.12 bits per heavy atom. The number of rotatable bonds is 4. The number of β-amino-alcohol motifs (C(OH)–C–C–N with tert-alkyl or cyclic N) is 1. The van der Waals surface area contributed by atoms with Crippen molar-refractivity contribution in [1.29, 1.82) is 0 Å². The van der Waals surface area contributed by atoms with E-state index < -0.39 is 23.8 Å². The summed E-state index contributed by atoms with van der Waals surface area (Å²) < 4.78 is 28.4. The van der Waals surface area contributed by atoms with Crippen LogP contribution in [0.2, 0.25) is 0 Å². The molecule has 134 valence electrons. The second-order valence-corrected chi connectivity index (χ2v) is 6.50. The summed E-state index contributed by atoms with van der Waals surface area (Å²) in [4.78, 5) is 14.2. The van der Waals surface area contributed by atoms with Crippen LogP contribution in [-0.4, -0.2) is 38.3 Å². The third kappa shape index (κ3) is 3.56. The van der Waals surface area contributed by atoms with Crippen LogP contribution in [0.5, 0.6) is 0 Å². The molecule has 2 aromatic rings. The molecular formula is C18H21F2N3O2. The quantitative estimate of drug-likeness (QED) is 0.921. The van der Waals surface area contributed by atoms with Crippen LogP contribution in [0.25, 0.3) is 0 Å². The lowest BCUT2D eigenvalue weighted by molar-refractivity contribution is -0.132. The van der Waals surface area contributed by atoms with Crippen molar-refractivity contribution in [2.45, 2.75) is 38.3 Å². The van der Waals surface area contributed by atoms with Gasteiger partial charge in [-0.25, -0.2) is 8.78 Å². The maximum Gasteiger partial charge on any atom is 0.223 e. The number of amides is 1. The molecule has 0 spiro atoms. The van der Waals surface area contributed by atoms with Gasteiger partial charge in [0.05, 0.1) is 18.3 Å². The molecule has 1 N–H and O–H groups in total. The van der Waals surface area contributed by atoms with Crippen LogP contribution in [0.4, 0.5) is 8.78 Å². The van der Waals surface area contributed by atoms with Crippen molar-refractivity contribution in [1.82, 2.24) is 14.7 Å². The molecule has 1 saturated heterocycles. The van der Waals surface area contributed by atoms with Crippen LogP contribution >= 0.6 is 0 Å². The fourth-order valence-electron chi connectivity index (χ4n) is 3.30. The molecule has 2 heterocycles. The first-order chi connectivity index (χ1) is 11.9. The van der Waals surface area contributed by atoms with Gasteiger partial charge < -0.3 is 10.0 Å². The van der Waals surface area contributed by atoms with Crippen molar-refractivity contribution in [3.8, 4) is 0 Å². The van der Waals surface area contributed by atoms with Gasteiger partial charge in [0.25, 0.3) is 0 Å². The van der Waals surface area contributed by atoms with Gasteiger partial charge in [-0.3, -0.25) is 9.48 Å². The molecule has 1 aliphatic heterocycles. The van der Waals surface area contributed by atoms with Crippen molar-refractivity contribution in [3.63, 3.8) is 0 Å². The molecule has 0 bridgehead atoms. The Bertz CT molecular complexity index is 791. The Morgan fingerprint density at radius 1 is 1.36 bits per heavy atom. The third-order valence-corrected chi connectivity index (χ3v) is 4.87. The van der Waals surface area contributed by atoms with Gasteiger partial charge >= 0.3 is 0 Å². The normalized spacial score (nSPS) is 20.3. The molecule has 2 atom stereocenters. The van der Waals surface area contributed by atoms with Crippen molar-refractivity contribution in [2.75, 3.05) is 6.54 Å². The molecule has 0 aliphatic carbocycles. The Balaban J connectivity index is 1.73. The minimum Gasteiger partial charge on any atom is -0.391 e. The summed E-state index contributed by atoms with van der Waals surface area (Å²) in [5, 5.41) is 14.1. The standard InChI is InChI=1S/C18H21F2N3O2/c1-11-13(9-21-22(11)2)4-6-18(25)23-10-14(24)8-17(23)12-3-5-15(19)16(20)7-12/h3,5,7,9,14,17,24H,4,6,8,10H2,1-2H3/t14-,17+/m0/s1. The predicted octanol–water partition coefficient (Wildman–Crippen LogP) is 2.27. The number of likely N-dealkylation sites (tertiary alicyclic amines) is 1. The van der Waals surface area contributed by atoms with Crippen molar-refractivity contribution in [2.24, 2.45) is 7.05 Å². The van der Waals surface area contributed by atoms with Crippen molar-refractivity contribution in [3.05, 3.63) is 52.9 Å². The number of carbonyl (C=O) groups is 1. The number of aliphatic hydroxyl groups excluding tert-OH is 1. The lowest BCUT2D eigenvalue weighted by Crippen LogP contribution is -2.32. The molecule has 25 heavy (non-hydrogen) atoms. The molecule has 1 aromatic heterocycles. The monoisotopic (exact) mass is 349 g/mol. The summed E-state index contributed by atoms with van der Waals surface area (Å²) >= 11 is 0. The Kier molecular flexibility index (Phi) is 4.85. The largest absolute Gasteiger partial charge is 0.391 e. The average Bonchev–Trinajstić information content (AvgIpc) is 3.12. The van der Waals surface area contributed by atoms with E-state index in [2.05, 4.69) is 5.10 Å². The number of hydrogen-bond acceptors (Lipinski definition) is 3. The van der Waals surface area contributed by atoms with E-state index in [1.54, 1.807) is 15.8 Å². The first-order valence-electron chi connectivity index (χ1n) is 8.26. The smallest absolute Gasteiger partial charge is 0.223 e. The molecule has 1 aromatic carbocycles. The van der Waals surface area contributed by atoms with Gasteiger partial charge in [0.1, 0.15) is 0 Å². The first-order valence-corrected chi connectivity index (χ1v) is 8.26. The van der Waals surface area contributed by atoms with Gasteiger partial charge in [-0.15, -0.1) is 0 Å². The van der Waals surface area contributed by atoms with E-state index >= 15 is 0 Å². The number of halogens is 2. The van der Waals surface area contributed by atoms with E-state index in [1.165, 1.54) is 6.07 Å². The molecule has 1 fully saturated rings. The number of nitrogens with zero attached hydrogens (tertiary/aromatic N) is 3. The maximum absolute atomic E-state index is 13.5. The summed E-state index contributed by atoms with van der Waals surface area (Å²) in [5.74, 6) is -1.99. The second kappa shape index (κ2) is 6.92. The van der Waals surface area contributed by atoms with E-state index in [1.807, 2.05) is 14.0 Å². The number of carbonyl (C=O) groups excluding carboxylic acids is 1. The Morgan fingerprint density at radius 3 is 2.76 bits per heavy atom. The zero-order chi connectivity index (χ0) is 18.1. The number of aryl methyl sites for hydroxylation is 2. The average molecular weight is 349 g/mol. The number of benzene rings is 1. The van der Waals surface area contributed by atoms with Gasteiger partial charge in [-0.1, -0.05) is 6.07 Å². The van der Waals surface area contributed by atoms with Crippen molar-refractivity contribution < 1.29 is 18.7 Å². The molecule has 0 unspecified atom stereocenters. The maximum atomic E-state index is 13.5. The van der Waals surface area contributed by atoms with Crippen LogP contribution in [0.15, 0.2) is 24.4 Å². The Labute approximate surface area is 144 Å². The second-order valence-electron chi connectivity index (χ2n) is 6.50. The zero-order valence-corrected chi connectivity index (χ0v) is 14.2. The Hall–Kier alpha value is -2.28. The fraction of sp³-hybridized carbons (Fsp3) is 0.444. The van der Waals surface area contributed by atoms with Crippen LogP contribution in [0.3, 0.4) is 0 Å². The summed E-state index contributed by atoms with van der Waals surface area (Å²) in [6.45, 7) is 2.14. The number of aromatic nitrogens is 2. The summed E-state index contributed by atoms with van der Waals surface area (Å²) in [6, 6.07) is 3.18.